The minimum Gasteiger partial charge on any atom is -0.455 e. The lowest BCUT2D eigenvalue weighted by molar-refractivity contribution is 0.665. The molecule has 0 spiro atoms. The Labute approximate surface area is 325 Å². The van der Waals surface area contributed by atoms with Gasteiger partial charge in [-0.25, -0.2) is 15.0 Å². The molecular weight excluding hydrogens is 703 g/mol. The zero-order valence-corrected chi connectivity index (χ0v) is 30.3. The van der Waals surface area contributed by atoms with Crippen molar-refractivity contribution in [2.45, 2.75) is 0 Å². The Morgan fingerprint density at radius 1 is 0.263 bits per heavy atom. The molecule has 57 heavy (non-hydrogen) atoms. The second-order valence-corrected chi connectivity index (χ2v) is 14.2. The Bertz CT molecular complexity index is 3470. The van der Waals surface area contributed by atoms with Crippen LogP contribution in [0.3, 0.4) is 0 Å². The van der Waals surface area contributed by atoms with Crippen molar-refractivity contribution in [2.24, 2.45) is 0 Å². The van der Waals surface area contributed by atoms with Gasteiger partial charge in [0.2, 0.25) is 0 Å². The molecule has 8 aromatic carbocycles. The van der Waals surface area contributed by atoms with Crippen molar-refractivity contribution in [3.8, 4) is 56.4 Å². The van der Waals surface area contributed by atoms with Gasteiger partial charge < -0.3 is 13.3 Å². The number of nitrogens with zero attached hydrogens (tertiary/aromatic N) is 3. The van der Waals surface area contributed by atoms with E-state index in [0.29, 0.717) is 17.5 Å². The molecule has 4 aromatic heterocycles. The monoisotopic (exact) mass is 731 g/mol. The van der Waals surface area contributed by atoms with Crippen LogP contribution in [0.5, 0.6) is 0 Å². The van der Waals surface area contributed by atoms with Gasteiger partial charge in [-0.05, 0) is 29.8 Å². The van der Waals surface area contributed by atoms with Crippen LogP contribution in [0.25, 0.3) is 122 Å². The first-order chi connectivity index (χ1) is 28.3. The van der Waals surface area contributed by atoms with Crippen molar-refractivity contribution in [3.63, 3.8) is 0 Å². The Balaban J connectivity index is 1.09. The van der Waals surface area contributed by atoms with Gasteiger partial charge in [0.05, 0.1) is 0 Å². The highest BCUT2D eigenvalue weighted by Gasteiger charge is 2.24. The molecule has 0 saturated heterocycles. The molecule has 12 rings (SSSR count). The number of aromatic nitrogens is 3. The SMILES string of the molecule is c1ccc(-c2nc(-c3ccccc3)nc(-c3cccc4oc5c(-c6ccc(-c7cccc8c7oc7ccccc78)c7c6oc6ccccc67)cccc5c34)n2)cc1. The van der Waals surface area contributed by atoms with Gasteiger partial charge in [0.25, 0.3) is 0 Å². The summed E-state index contributed by atoms with van der Waals surface area (Å²) in [4.78, 5) is 15.1. The molecule has 12 aromatic rings. The fourth-order valence-electron chi connectivity index (χ4n) is 8.40. The van der Waals surface area contributed by atoms with Gasteiger partial charge in [-0.2, -0.15) is 0 Å². The number of furan rings is 3. The molecule has 6 heteroatoms. The number of benzene rings is 8. The summed E-state index contributed by atoms with van der Waals surface area (Å²) in [5.74, 6) is 1.79. The molecule has 0 aliphatic heterocycles. The lowest BCUT2D eigenvalue weighted by Gasteiger charge is -2.10. The summed E-state index contributed by atoms with van der Waals surface area (Å²) in [6, 6.07) is 59.6. The highest BCUT2D eigenvalue weighted by atomic mass is 16.3. The van der Waals surface area contributed by atoms with Crippen molar-refractivity contribution in [2.75, 3.05) is 0 Å². The van der Waals surface area contributed by atoms with Crippen molar-refractivity contribution < 1.29 is 13.3 Å². The van der Waals surface area contributed by atoms with Crippen molar-refractivity contribution in [1.82, 2.24) is 15.0 Å². The zero-order chi connectivity index (χ0) is 37.5. The van der Waals surface area contributed by atoms with E-state index >= 15 is 0 Å². The number of fused-ring (bicyclic) bond motifs is 9. The maximum absolute atomic E-state index is 6.83. The Hall–Kier alpha value is -7.83. The summed E-state index contributed by atoms with van der Waals surface area (Å²) >= 11 is 0. The fraction of sp³-hybridized carbons (Fsp3) is 0. The van der Waals surface area contributed by atoms with E-state index in [1.165, 1.54) is 0 Å². The average Bonchev–Trinajstić information content (AvgIpc) is 3.99. The average molecular weight is 732 g/mol. The van der Waals surface area contributed by atoms with Gasteiger partial charge in [0, 0.05) is 65.7 Å². The summed E-state index contributed by atoms with van der Waals surface area (Å²) in [6.45, 7) is 0. The second-order valence-electron chi connectivity index (χ2n) is 14.2. The van der Waals surface area contributed by atoms with Gasteiger partial charge in [-0.1, -0.05) is 152 Å². The van der Waals surface area contributed by atoms with Crippen LogP contribution in [-0.4, -0.2) is 15.0 Å². The number of hydrogen-bond acceptors (Lipinski definition) is 6. The van der Waals surface area contributed by atoms with Gasteiger partial charge in [0.15, 0.2) is 17.5 Å². The van der Waals surface area contributed by atoms with Crippen LogP contribution in [0, 0.1) is 0 Å². The molecule has 266 valence electrons. The molecule has 0 saturated carbocycles. The molecule has 0 unspecified atom stereocenters. The minimum absolute atomic E-state index is 0.574. The standard InChI is InChI=1S/C51H29N3O3/c1-3-14-30(15-4-1)49-52-50(31-16-5-2-6-17-31)54-51(53-49)40-24-13-27-43-44(40)39-23-12-22-36(47(39)57-43)37-29-28-33(45-38-19-8-10-26-42(38)56-48(37)45)35-21-11-20-34-32-18-7-9-25-41(32)55-46(34)35/h1-29H. The first kappa shape index (κ1) is 31.5. The highest BCUT2D eigenvalue weighted by Crippen LogP contribution is 2.47. The highest BCUT2D eigenvalue weighted by molar-refractivity contribution is 6.22. The Kier molecular flexibility index (Phi) is 6.83. The van der Waals surface area contributed by atoms with Crippen molar-refractivity contribution in [1.29, 1.82) is 0 Å². The van der Waals surface area contributed by atoms with E-state index in [0.717, 1.165) is 105 Å². The molecular formula is C51H29N3O3. The molecule has 0 N–H and O–H groups in total. The largest absolute Gasteiger partial charge is 0.455 e. The van der Waals surface area contributed by atoms with E-state index in [-0.39, 0.29) is 0 Å². The second kappa shape index (κ2) is 12.3. The number of hydrogen-bond donors (Lipinski definition) is 0. The van der Waals surface area contributed by atoms with Gasteiger partial charge in [-0.3, -0.25) is 0 Å². The molecule has 0 atom stereocenters. The van der Waals surface area contributed by atoms with E-state index in [1.807, 2.05) is 97.1 Å². The molecule has 6 nitrogen and oxygen atoms in total. The van der Waals surface area contributed by atoms with Crippen LogP contribution in [0.2, 0.25) is 0 Å². The van der Waals surface area contributed by atoms with Gasteiger partial charge >= 0.3 is 0 Å². The maximum Gasteiger partial charge on any atom is 0.164 e. The van der Waals surface area contributed by atoms with Crippen LogP contribution >= 0.6 is 0 Å². The van der Waals surface area contributed by atoms with Crippen LogP contribution in [0.1, 0.15) is 0 Å². The quantitative estimate of drug-likeness (QED) is 0.175. The van der Waals surface area contributed by atoms with E-state index in [4.69, 9.17) is 28.2 Å². The van der Waals surface area contributed by atoms with E-state index < -0.39 is 0 Å². The Morgan fingerprint density at radius 2 is 0.719 bits per heavy atom. The first-order valence-electron chi connectivity index (χ1n) is 18.9. The third-order valence-corrected chi connectivity index (χ3v) is 11.0. The molecule has 0 aliphatic rings. The fourth-order valence-corrected chi connectivity index (χ4v) is 8.40. The minimum atomic E-state index is 0.574. The van der Waals surface area contributed by atoms with Crippen LogP contribution in [0.15, 0.2) is 189 Å². The van der Waals surface area contributed by atoms with E-state index in [2.05, 4.69) is 78.9 Å². The molecule has 4 heterocycles. The third-order valence-electron chi connectivity index (χ3n) is 11.0. The Morgan fingerprint density at radius 3 is 1.46 bits per heavy atom. The summed E-state index contributed by atoms with van der Waals surface area (Å²) in [5.41, 5.74) is 11.4. The molecule has 0 amide bonds. The van der Waals surface area contributed by atoms with Crippen LogP contribution in [-0.2, 0) is 0 Å². The van der Waals surface area contributed by atoms with Crippen molar-refractivity contribution in [3.05, 3.63) is 176 Å². The zero-order valence-electron chi connectivity index (χ0n) is 30.3. The lowest BCUT2D eigenvalue weighted by Crippen LogP contribution is -2.00. The predicted molar refractivity (Wildman–Crippen MR) is 229 cm³/mol. The smallest absolute Gasteiger partial charge is 0.164 e. The molecule has 0 bridgehead atoms. The van der Waals surface area contributed by atoms with Gasteiger partial charge in [-0.15, -0.1) is 0 Å². The third kappa shape index (κ3) is 4.87. The number of para-hydroxylation sites is 4. The first-order valence-corrected chi connectivity index (χ1v) is 18.9. The van der Waals surface area contributed by atoms with E-state index in [9.17, 15) is 0 Å². The lowest BCUT2D eigenvalue weighted by atomic mass is 9.93. The topological polar surface area (TPSA) is 78.1 Å². The van der Waals surface area contributed by atoms with E-state index in [1.54, 1.807) is 0 Å². The summed E-state index contributed by atoms with van der Waals surface area (Å²) in [7, 11) is 0. The summed E-state index contributed by atoms with van der Waals surface area (Å²) in [6.07, 6.45) is 0. The summed E-state index contributed by atoms with van der Waals surface area (Å²) < 4.78 is 20.2. The normalized spacial score (nSPS) is 11.9. The molecule has 0 aliphatic carbocycles. The van der Waals surface area contributed by atoms with Gasteiger partial charge in [0.1, 0.15) is 33.5 Å². The molecule has 0 radical (unpaired) electrons. The van der Waals surface area contributed by atoms with Crippen LogP contribution < -0.4 is 0 Å². The van der Waals surface area contributed by atoms with Crippen molar-refractivity contribution >= 4 is 65.8 Å². The molecule has 0 fully saturated rings. The maximum atomic E-state index is 6.83. The predicted octanol–water partition coefficient (Wildman–Crippen LogP) is 13.9. The van der Waals surface area contributed by atoms with Crippen LogP contribution in [0.4, 0.5) is 0 Å². The summed E-state index contributed by atoms with van der Waals surface area (Å²) in [5, 5.41) is 6.14. The number of rotatable bonds is 5.